The maximum atomic E-state index is 12.2. The lowest BCUT2D eigenvalue weighted by atomic mass is 10.6. The number of hydrogen-bond acceptors (Lipinski definition) is 8. The molecule has 0 saturated heterocycles. The molecule has 25 heavy (non-hydrogen) atoms. The second-order valence-electron chi connectivity index (χ2n) is 5.30. The van der Waals surface area contributed by atoms with E-state index in [9.17, 15) is 28.6 Å². The Labute approximate surface area is 142 Å². The van der Waals surface area contributed by atoms with Crippen LogP contribution in [0.2, 0.25) is 0 Å². The smallest absolute Gasteiger partial charge is 0.342 e. The number of nitro groups is 2. The van der Waals surface area contributed by atoms with Gasteiger partial charge >= 0.3 is 11.6 Å². The van der Waals surface area contributed by atoms with Crippen LogP contribution in [0.25, 0.3) is 0 Å². The van der Waals surface area contributed by atoms with Crippen LogP contribution >= 0.6 is 0 Å². The Balaban J connectivity index is 2.07. The van der Waals surface area contributed by atoms with Crippen LogP contribution in [0.15, 0.2) is 12.4 Å². The van der Waals surface area contributed by atoms with Crippen molar-refractivity contribution >= 4 is 21.5 Å². The van der Waals surface area contributed by atoms with E-state index in [0.717, 1.165) is 12.4 Å². The van der Waals surface area contributed by atoms with Crippen molar-refractivity contribution in [3.8, 4) is 0 Å². The predicted molar refractivity (Wildman–Crippen MR) is 85.9 cm³/mol. The molecule has 0 bridgehead atoms. The van der Waals surface area contributed by atoms with Gasteiger partial charge < -0.3 is 20.2 Å². The molecule has 0 radical (unpaired) electrons. The highest BCUT2D eigenvalue weighted by atomic mass is 32.2. The molecule has 2 heterocycles. The van der Waals surface area contributed by atoms with Gasteiger partial charge in [0.05, 0.1) is 11.5 Å². The summed E-state index contributed by atoms with van der Waals surface area (Å²) >= 11 is 0. The number of aromatic nitrogens is 4. The van der Waals surface area contributed by atoms with Gasteiger partial charge in [0.2, 0.25) is 0 Å². The lowest BCUT2D eigenvalue weighted by Gasteiger charge is -2.06. The molecule has 0 amide bonds. The summed E-state index contributed by atoms with van der Waals surface area (Å²) in [5.74, 6) is -0.576. The number of hydrogen-bond donors (Lipinski definition) is 0. The third-order valence-corrected chi connectivity index (χ3v) is 5.30. The van der Waals surface area contributed by atoms with Gasteiger partial charge in [-0.25, -0.2) is 27.5 Å². The number of nitrogens with zero attached hydrogens (tertiary/aromatic N) is 6. The van der Waals surface area contributed by atoms with Crippen molar-refractivity contribution in [3.63, 3.8) is 0 Å². The van der Waals surface area contributed by atoms with Gasteiger partial charge in [-0.2, -0.15) is 0 Å². The Hall–Kier alpha value is -2.83. The molecule has 0 aromatic carbocycles. The van der Waals surface area contributed by atoms with Crippen molar-refractivity contribution in [3.05, 3.63) is 44.3 Å². The zero-order valence-electron chi connectivity index (χ0n) is 13.5. The van der Waals surface area contributed by atoms with Crippen LogP contribution in [0.3, 0.4) is 0 Å². The lowest BCUT2D eigenvalue weighted by molar-refractivity contribution is -0.392. The fourth-order valence-corrected chi connectivity index (χ4v) is 3.45. The first-order valence-electron chi connectivity index (χ1n) is 7.16. The summed E-state index contributed by atoms with van der Waals surface area (Å²) in [5.41, 5.74) is 0. The molecular formula is C12H16N6O6S. The van der Waals surface area contributed by atoms with E-state index in [2.05, 4.69) is 9.97 Å². The molecule has 0 aliphatic heterocycles. The van der Waals surface area contributed by atoms with Gasteiger partial charge in [0.25, 0.3) is 0 Å². The van der Waals surface area contributed by atoms with E-state index in [1.807, 2.05) is 0 Å². The van der Waals surface area contributed by atoms with Crippen LogP contribution in [-0.4, -0.2) is 48.9 Å². The molecule has 0 aliphatic carbocycles. The molecule has 0 aliphatic rings. The highest BCUT2D eigenvalue weighted by Crippen LogP contribution is 2.15. The third-order valence-electron chi connectivity index (χ3n) is 3.69. The molecule has 2 aromatic heterocycles. The van der Waals surface area contributed by atoms with Crippen molar-refractivity contribution in [1.29, 1.82) is 0 Å². The molecule has 13 heteroatoms. The Morgan fingerprint density at radius 3 is 1.60 bits per heavy atom. The molecule has 0 unspecified atom stereocenters. The van der Waals surface area contributed by atoms with Gasteiger partial charge in [-0.15, -0.1) is 0 Å². The average molecular weight is 372 g/mol. The summed E-state index contributed by atoms with van der Waals surface area (Å²) in [6.07, 6.45) is 2.14. The Morgan fingerprint density at radius 1 is 0.920 bits per heavy atom. The van der Waals surface area contributed by atoms with Crippen LogP contribution in [0.5, 0.6) is 0 Å². The van der Waals surface area contributed by atoms with Crippen molar-refractivity contribution in [1.82, 2.24) is 19.1 Å². The SMILES string of the molecule is Cc1ncc([N+](=O)[O-])n1CCS(=O)(=O)CCn1c([N+](=O)[O-])cnc1C. The Morgan fingerprint density at radius 2 is 1.28 bits per heavy atom. The largest absolute Gasteiger partial charge is 0.358 e. The van der Waals surface area contributed by atoms with Crippen LogP contribution in [0.1, 0.15) is 11.6 Å². The Bertz CT molecular complexity index is 846. The maximum absolute atomic E-state index is 12.2. The number of aryl methyl sites for hydroxylation is 2. The van der Waals surface area contributed by atoms with Gasteiger partial charge in [0, 0.05) is 13.8 Å². The van der Waals surface area contributed by atoms with Gasteiger partial charge in [0.1, 0.15) is 25.5 Å². The van der Waals surface area contributed by atoms with E-state index >= 15 is 0 Å². The van der Waals surface area contributed by atoms with E-state index in [0.29, 0.717) is 11.6 Å². The zero-order valence-corrected chi connectivity index (χ0v) is 14.3. The standard InChI is InChI=1S/C12H16N6O6S/c1-9-13-7-11(17(19)20)15(9)3-5-25(23,24)6-4-16-10(2)14-8-12(16)18(21)22/h7-8H,3-6H2,1-2H3. The van der Waals surface area contributed by atoms with Gasteiger partial charge in [0.15, 0.2) is 21.5 Å². The lowest BCUT2D eigenvalue weighted by Crippen LogP contribution is -2.21. The zero-order chi connectivity index (χ0) is 18.8. The van der Waals surface area contributed by atoms with Crippen molar-refractivity contribution in [2.45, 2.75) is 26.9 Å². The maximum Gasteiger partial charge on any atom is 0.342 e. The molecule has 12 nitrogen and oxygen atoms in total. The van der Waals surface area contributed by atoms with Crippen molar-refractivity contribution in [2.75, 3.05) is 11.5 Å². The molecule has 0 saturated carbocycles. The minimum absolute atomic E-state index is 0.116. The number of imidazole rings is 2. The summed E-state index contributed by atoms with van der Waals surface area (Å²) < 4.78 is 26.8. The average Bonchev–Trinajstić information content (AvgIpc) is 3.06. The molecule has 0 fully saturated rings. The first-order chi connectivity index (χ1) is 11.6. The fraction of sp³-hybridized carbons (Fsp3) is 0.500. The quantitative estimate of drug-likeness (QED) is 0.482. The molecule has 2 rings (SSSR count). The normalized spacial score (nSPS) is 11.6. The number of rotatable bonds is 8. The van der Waals surface area contributed by atoms with Crippen LogP contribution in [0.4, 0.5) is 11.6 Å². The minimum atomic E-state index is -3.59. The minimum Gasteiger partial charge on any atom is -0.358 e. The summed E-state index contributed by atoms with van der Waals surface area (Å²) in [4.78, 5) is 28.1. The van der Waals surface area contributed by atoms with Crippen molar-refractivity contribution < 1.29 is 18.3 Å². The van der Waals surface area contributed by atoms with Crippen LogP contribution < -0.4 is 0 Å². The second kappa shape index (κ2) is 6.96. The van der Waals surface area contributed by atoms with Crippen molar-refractivity contribution in [2.24, 2.45) is 0 Å². The highest BCUT2D eigenvalue weighted by Gasteiger charge is 2.23. The predicted octanol–water partition coefficient (Wildman–Crippen LogP) is 0.628. The molecule has 0 N–H and O–H groups in total. The number of sulfone groups is 1. The Kier molecular flexibility index (Phi) is 5.15. The summed E-state index contributed by atoms with van der Waals surface area (Å²) in [7, 11) is -3.59. The van der Waals surface area contributed by atoms with E-state index in [4.69, 9.17) is 0 Å². The van der Waals surface area contributed by atoms with E-state index in [1.165, 1.54) is 23.0 Å². The van der Waals surface area contributed by atoms with E-state index < -0.39 is 19.7 Å². The molecule has 0 spiro atoms. The summed E-state index contributed by atoms with van der Waals surface area (Å²) in [6, 6.07) is 0. The van der Waals surface area contributed by atoms with Gasteiger partial charge in [-0.1, -0.05) is 0 Å². The summed E-state index contributed by atoms with van der Waals surface area (Å²) in [6.45, 7) is 2.85. The fourth-order valence-electron chi connectivity index (χ4n) is 2.32. The topological polar surface area (TPSA) is 156 Å². The second-order valence-corrected chi connectivity index (χ2v) is 7.60. The molecule has 0 atom stereocenters. The van der Waals surface area contributed by atoms with E-state index in [1.54, 1.807) is 0 Å². The monoisotopic (exact) mass is 372 g/mol. The molecule has 2 aromatic rings. The first kappa shape index (κ1) is 18.5. The van der Waals surface area contributed by atoms with Gasteiger partial charge in [-0.05, 0) is 9.85 Å². The molecule has 136 valence electrons. The van der Waals surface area contributed by atoms with Crippen LogP contribution in [0, 0.1) is 34.1 Å². The van der Waals surface area contributed by atoms with Crippen LogP contribution in [-0.2, 0) is 22.9 Å². The van der Waals surface area contributed by atoms with E-state index in [-0.39, 0.29) is 36.2 Å². The van der Waals surface area contributed by atoms with Gasteiger partial charge in [-0.3, -0.25) is 0 Å². The highest BCUT2D eigenvalue weighted by molar-refractivity contribution is 7.91. The third kappa shape index (κ3) is 4.17. The summed E-state index contributed by atoms with van der Waals surface area (Å²) in [5, 5.41) is 21.8. The molecular weight excluding hydrogens is 356 g/mol. The first-order valence-corrected chi connectivity index (χ1v) is 8.98.